The van der Waals surface area contributed by atoms with Crippen LogP contribution in [0.5, 0.6) is 0 Å². The molecular formula is C114H76. The molecule has 0 amide bonds. The van der Waals surface area contributed by atoms with Crippen LogP contribution in [0.15, 0.2) is 461 Å². The predicted octanol–water partition coefficient (Wildman–Crippen LogP) is 32.1. The van der Waals surface area contributed by atoms with Gasteiger partial charge in [0.25, 0.3) is 0 Å². The lowest BCUT2D eigenvalue weighted by atomic mass is 9.83. The Labute approximate surface area is 664 Å². The van der Waals surface area contributed by atoms with Gasteiger partial charge in [0.05, 0.1) is 0 Å². The molecule has 0 N–H and O–H groups in total. The van der Waals surface area contributed by atoms with Crippen molar-refractivity contribution in [1.82, 2.24) is 0 Å². The first kappa shape index (κ1) is 68.5. The molecule has 0 aliphatic rings. The first-order valence-corrected chi connectivity index (χ1v) is 39.5. The van der Waals surface area contributed by atoms with Crippen molar-refractivity contribution in [2.24, 2.45) is 0 Å². The highest BCUT2D eigenvalue weighted by atomic mass is 14.3. The lowest BCUT2D eigenvalue weighted by molar-refractivity contribution is 1.60. The summed E-state index contributed by atoms with van der Waals surface area (Å²) in [5.74, 6) is 0. The van der Waals surface area contributed by atoms with Crippen LogP contribution >= 0.6 is 0 Å². The molecule has 114 heavy (non-hydrogen) atoms. The van der Waals surface area contributed by atoms with Crippen molar-refractivity contribution in [3.8, 4) is 111 Å². The summed E-state index contributed by atoms with van der Waals surface area (Å²) in [6.07, 6.45) is 0. The van der Waals surface area contributed by atoms with Gasteiger partial charge < -0.3 is 0 Å². The van der Waals surface area contributed by atoms with E-state index in [4.69, 9.17) is 0 Å². The minimum absolute atomic E-state index is 1.23. The Balaban J connectivity index is 0.000000111. The van der Waals surface area contributed by atoms with E-state index in [9.17, 15) is 0 Å². The maximum atomic E-state index is 2.34. The van der Waals surface area contributed by atoms with E-state index in [2.05, 4.69) is 461 Å². The highest BCUT2D eigenvalue weighted by Gasteiger charge is 2.23. The normalized spacial score (nSPS) is 11.3. The van der Waals surface area contributed by atoms with Crippen LogP contribution in [-0.2, 0) is 0 Å². The quantitative estimate of drug-likeness (QED) is 0.120. The third-order valence-corrected chi connectivity index (χ3v) is 23.0. The zero-order chi connectivity index (χ0) is 75.7. The molecule has 0 aliphatic heterocycles. The number of hydrogen-bond acceptors (Lipinski definition) is 0. The van der Waals surface area contributed by atoms with Crippen molar-refractivity contribution in [1.29, 1.82) is 0 Å². The second kappa shape index (κ2) is 30.2. The third-order valence-electron chi connectivity index (χ3n) is 23.0. The molecule has 0 bridgehead atoms. The summed E-state index contributed by atoms with van der Waals surface area (Å²) in [6, 6.07) is 167. The fourth-order valence-corrected chi connectivity index (χ4v) is 18.0. The van der Waals surface area contributed by atoms with Gasteiger partial charge in [-0.05, 0) is 214 Å². The molecule has 0 heterocycles. The Morgan fingerprint density at radius 3 is 0.693 bits per heavy atom. The molecule has 22 aromatic carbocycles. The van der Waals surface area contributed by atoms with E-state index in [0.29, 0.717) is 0 Å². The number of rotatable bonds is 10. The summed E-state index contributed by atoms with van der Waals surface area (Å²) in [5.41, 5.74) is 25.3. The van der Waals surface area contributed by atoms with Crippen molar-refractivity contribution in [2.75, 3.05) is 0 Å². The Bertz CT molecular complexity index is 7170. The van der Waals surface area contributed by atoms with E-state index in [1.165, 1.54) is 208 Å². The van der Waals surface area contributed by atoms with Crippen molar-refractivity contribution in [3.63, 3.8) is 0 Å². The molecule has 22 rings (SSSR count). The van der Waals surface area contributed by atoms with E-state index in [-0.39, 0.29) is 0 Å². The smallest absolute Gasteiger partial charge is 0.00201 e. The van der Waals surface area contributed by atoms with Crippen molar-refractivity contribution in [3.05, 3.63) is 461 Å². The fourth-order valence-electron chi connectivity index (χ4n) is 18.0. The van der Waals surface area contributed by atoms with Gasteiger partial charge in [0.15, 0.2) is 0 Å². The fraction of sp³-hybridized carbons (Fsp3) is 0. The van der Waals surface area contributed by atoms with Crippen molar-refractivity contribution < 1.29 is 0 Å². The standard InChI is InChI=1S/C40H26.C38H26.C36H24/c1-2-14-28(15-3-1)39-34-20-8-10-22-36(34)40(37-23-11-9-21-35(37)39)38-26-25-33(31-18-6-7-19-32(31)38)30-24-12-16-27-13-4-5-17-29(27)30;1-3-12-27(13-4-1)29-22-24-30(25-23-29)37-33-18-7-9-20-35(33)38(36-21-10-8-19-34(36)37)32-17-11-16-31(26-32)28-14-5-2-6-15-28;1-3-13-25(14-4-1)27-23-24-34(29-18-8-7-17-28(27)29)36-32-21-11-9-19-30(32)35(26-15-5-2-6-16-26)31-20-10-12-22-33(31)36/h1-26H;1-26H;1-24H. The molecule has 0 aliphatic carbocycles. The monoisotopic (exact) mass is 1440 g/mol. The van der Waals surface area contributed by atoms with Crippen molar-refractivity contribution in [2.45, 2.75) is 0 Å². The zero-order valence-electron chi connectivity index (χ0n) is 62.9. The summed E-state index contributed by atoms with van der Waals surface area (Å²) in [6.45, 7) is 0. The molecule has 0 nitrogen and oxygen atoms in total. The summed E-state index contributed by atoms with van der Waals surface area (Å²) < 4.78 is 0. The summed E-state index contributed by atoms with van der Waals surface area (Å²) in [7, 11) is 0. The van der Waals surface area contributed by atoms with Gasteiger partial charge >= 0.3 is 0 Å². The summed E-state index contributed by atoms with van der Waals surface area (Å²) in [4.78, 5) is 0. The maximum absolute atomic E-state index is 2.34. The van der Waals surface area contributed by atoms with E-state index >= 15 is 0 Å². The summed E-state index contributed by atoms with van der Waals surface area (Å²) in [5, 5.41) is 23.0. The lowest BCUT2D eigenvalue weighted by Gasteiger charge is -2.20. The minimum atomic E-state index is 1.23. The number of benzene rings is 22. The average molecular weight is 1450 g/mol. The molecule has 0 aromatic heterocycles. The van der Waals surface area contributed by atoms with Gasteiger partial charge in [0.1, 0.15) is 0 Å². The van der Waals surface area contributed by atoms with Crippen LogP contribution in [0, 0.1) is 0 Å². The molecule has 0 heteroatoms. The maximum Gasteiger partial charge on any atom is -0.00201 e. The first-order valence-electron chi connectivity index (χ1n) is 39.5. The highest BCUT2D eigenvalue weighted by molar-refractivity contribution is 6.27. The largest absolute Gasteiger partial charge is 0.0622 e. The van der Waals surface area contributed by atoms with Gasteiger partial charge in [-0.25, -0.2) is 0 Å². The molecular weight excluding hydrogens is 1370 g/mol. The Hall–Kier alpha value is -14.8. The van der Waals surface area contributed by atoms with Crippen LogP contribution < -0.4 is 0 Å². The molecule has 0 saturated heterocycles. The lowest BCUT2D eigenvalue weighted by Crippen LogP contribution is -1.92. The zero-order valence-corrected chi connectivity index (χ0v) is 62.9. The number of hydrogen-bond donors (Lipinski definition) is 0. The average Bonchev–Trinajstić information content (AvgIpc) is 0.734. The molecule has 0 spiro atoms. The molecule has 0 fully saturated rings. The van der Waals surface area contributed by atoms with Crippen LogP contribution in [0.25, 0.3) is 208 Å². The van der Waals surface area contributed by atoms with Crippen LogP contribution in [0.1, 0.15) is 0 Å². The molecule has 0 radical (unpaired) electrons. The first-order chi connectivity index (χ1) is 56.6. The molecule has 532 valence electrons. The van der Waals surface area contributed by atoms with E-state index in [0.717, 1.165) is 0 Å². The molecule has 22 aromatic rings. The van der Waals surface area contributed by atoms with Crippen LogP contribution in [0.2, 0.25) is 0 Å². The molecule has 0 saturated carbocycles. The second-order valence-electron chi connectivity index (χ2n) is 29.5. The van der Waals surface area contributed by atoms with Gasteiger partial charge in [-0.15, -0.1) is 0 Å². The van der Waals surface area contributed by atoms with Crippen LogP contribution in [0.3, 0.4) is 0 Å². The summed E-state index contributed by atoms with van der Waals surface area (Å²) >= 11 is 0. The Kier molecular flexibility index (Phi) is 18.1. The van der Waals surface area contributed by atoms with Gasteiger partial charge in [0.2, 0.25) is 0 Å². The van der Waals surface area contributed by atoms with Gasteiger partial charge in [-0.2, -0.15) is 0 Å². The van der Waals surface area contributed by atoms with Crippen LogP contribution in [0.4, 0.5) is 0 Å². The van der Waals surface area contributed by atoms with E-state index < -0.39 is 0 Å². The Morgan fingerprint density at radius 1 is 0.0877 bits per heavy atom. The third kappa shape index (κ3) is 12.5. The van der Waals surface area contributed by atoms with Crippen LogP contribution in [-0.4, -0.2) is 0 Å². The topological polar surface area (TPSA) is 0 Å². The van der Waals surface area contributed by atoms with E-state index in [1.807, 2.05) is 0 Å². The van der Waals surface area contributed by atoms with Crippen molar-refractivity contribution >= 4 is 97.0 Å². The molecule has 0 unspecified atom stereocenters. The molecule has 0 atom stereocenters. The minimum Gasteiger partial charge on any atom is -0.0622 e. The SMILES string of the molecule is c1ccc(-c2c3ccccc3c(-c3ccc(-c4cccc5ccccc45)c4ccccc34)c3ccccc23)cc1.c1ccc(-c2ccc(-c3c4ccccc4c(-c4cccc(-c5ccccc5)c4)c4ccccc34)cc2)cc1.c1ccc(-c2ccc(-c3c4ccccc4c(-c4ccccc4)c4ccccc34)c3ccccc23)cc1. The van der Waals surface area contributed by atoms with E-state index in [1.54, 1.807) is 0 Å². The predicted molar refractivity (Wildman–Crippen MR) is 491 cm³/mol. The second-order valence-corrected chi connectivity index (χ2v) is 29.5. The van der Waals surface area contributed by atoms with Gasteiger partial charge in [-0.1, -0.05) is 455 Å². The number of fused-ring (bicyclic) bond motifs is 9. The highest BCUT2D eigenvalue weighted by Crippen LogP contribution is 2.51. The van der Waals surface area contributed by atoms with Gasteiger partial charge in [-0.3, -0.25) is 0 Å². The van der Waals surface area contributed by atoms with Gasteiger partial charge in [0, 0.05) is 0 Å². The Morgan fingerprint density at radius 2 is 0.298 bits per heavy atom.